The third-order valence-electron chi connectivity index (χ3n) is 2.61. The number of ether oxygens (including phenoxy) is 3. The standard InChI is InChI=1S/C14H14O5/c1-3-17-12(16)7-5-10-4-6-11(9(2)15)14-13(10)18-8-19-14/h4-7H,3,8H2,1-2H3/b7-5+. The van der Waals surface area contributed by atoms with Crippen LogP contribution in [0.15, 0.2) is 18.2 Å². The molecule has 1 heterocycles. The molecule has 0 atom stereocenters. The number of carbonyl (C=O) groups excluding carboxylic acids is 2. The second-order valence-corrected chi connectivity index (χ2v) is 3.91. The summed E-state index contributed by atoms with van der Waals surface area (Å²) in [7, 11) is 0. The van der Waals surface area contributed by atoms with Crippen molar-refractivity contribution in [3.05, 3.63) is 29.3 Å². The smallest absolute Gasteiger partial charge is 0.330 e. The summed E-state index contributed by atoms with van der Waals surface area (Å²) in [6.45, 7) is 3.59. The van der Waals surface area contributed by atoms with Crippen molar-refractivity contribution in [2.24, 2.45) is 0 Å². The van der Waals surface area contributed by atoms with Crippen LogP contribution in [0.25, 0.3) is 6.08 Å². The molecular weight excluding hydrogens is 248 g/mol. The number of ketones is 1. The Hall–Kier alpha value is -2.30. The first-order chi connectivity index (χ1) is 9.13. The lowest BCUT2D eigenvalue weighted by Gasteiger charge is -2.05. The summed E-state index contributed by atoms with van der Waals surface area (Å²) in [4.78, 5) is 22.7. The molecule has 2 rings (SSSR count). The Labute approximate surface area is 110 Å². The summed E-state index contributed by atoms with van der Waals surface area (Å²) in [6.07, 6.45) is 2.89. The van der Waals surface area contributed by atoms with Crippen molar-refractivity contribution < 1.29 is 23.8 Å². The molecule has 1 aliphatic heterocycles. The summed E-state index contributed by atoms with van der Waals surface area (Å²) >= 11 is 0. The number of benzene rings is 1. The monoisotopic (exact) mass is 262 g/mol. The molecule has 1 aromatic rings. The molecule has 0 radical (unpaired) electrons. The second-order valence-electron chi connectivity index (χ2n) is 3.91. The van der Waals surface area contributed by atoms with Crippen LogP contribution in [0.1, 0.15) is 29.8 Å². The summed E-state index contributed by atoms with van der Waals surface area (Å²) < 4.78 is 15.4. The third kappa shape index (κ3) is 2.76. The zero-order chi connectivity index (χ0) is 13.8. The highest BCUT2D eigenvalue weighted by Crippen LogP contribution is 2.39. The third-order valence-corrected chi connectivity index (χ3v) is 2.61. The number of hydrogen-bond acceptors (Lipinski definition) is 5. The van der Waals surface area contributed by atoms with Gasteiger partial charge in [-0.25, -0.2) is 4.79 Å². The minimum Gasteiger partial charge on any atom is -0.463 e. The summed E-state index contributed by atoms with van der Waals surface area (Å²) in [5, 5.41) is 0. The molecule has 0 bridgehead atoms. The van der Waals surface area contributed by atoms with Crippen molar-refractivity contribution >= 4 is 17.8 Å². The van der Waals surface area contributed by atoms with Crippen LogP contribution >= 0.6 is 0 Å². The van der Waals surface area contributed by atoms with Gasteiger partial charge < -0.3 is 14.2 Å². The normalized spacial score (nSPS) is 12.7. The molecule has 0 saturated carbocycles. The van der Waals surface area contributed by atoms with E-state index >= 15 is 0 Å². The average molecular weight is 262 g/mol. The van der Waals surface area contributed by atoms with Gasteiger partial charge in [0, 0.05) is 11.6 Å². The lowest BCUT2D eigenvalue weighted by atomic mass is 10.1. The quantitative estimate of drug-likeness (QED) is 0.473. The van der Waals surface area contributed by atoms with Gasteiger partial charge >= 0.3 is 5.97 Å². The fourth-order valence-electron chi connectivity index (χ4n) is 1.77. The van der Waals surface area contributed by atoms with E-state index in [1.165, 1.54) is 13.0 Å². The summed E-state index contributed by atoms with van der Waals surface area (Å²) in [6, 6.07) is 3.36. The molecule has 1 aliphatic rings. The Morgan fingerprint density at radius 1 is 1.32 bits per heavy atom. The highest BCUT2D eigenvalue weighted by atomic mass is 16.7. The van der Waals surface area contributed by atoms with Crippen molar-refractivity contribution in [2.75, 3.05) is 13.4 Å². The molecule has 100 valence electrons. The van der Waals surface area contributed by atoms with Gasteiger partial charge in [0.1, 0.15) is 0 Å². The number of esters is 1. The Bertz CT molecular complexity index is 545. The van der Waals surface area contributed by atoms with E-state index in [0.717, 1.165) is 0 Å². The van der Waals surface area contributed by atoms with E-state index in [2.05, 4.69) is 0 Å². The summed E-state index contributed by atoms with van der Waals surface area (Å²) in [5.74, 6) is 0.389. The zero-order valence-corrected chi connectivity index (χ0v) is 10.8. The molecule has 0 saturated heterocycles. The highest BCUT2D eigenvalue weighted by Gasteiger charge is 2.22. The van der Waals surface area contributed by atoms with Crippen molar-refractivity contribution in [1.29, 1.82) is 0 Å². The number of hydrogen-bond donors (Lipinski definition) is 0. The second kappa shape index (κ2) is 5.56. The molecule has 0 aromatic heterocycles. The maximum Gasteiger partial charge on any atom is 0.330 e. The van der Waals surface area contributed by atoms with E-state index in [9.17, 15) is 9.59 Å². The van der Waals surface area contributed by atoms with Crippen LogP contribution in [0.2, 0.25) is 0 Å². The van der Waals surface area contributed by atoms with Gasteiger partial charge in [-0.05, 0) is 26.0 Å². The molecule has 0 fully saturated rings. The predicted molar refractivity (Wildman–Crippen MR) is 68.2 cm³/mol. The predicted octanol–water partition coefficient (Wildman–Crippen LogP) is 2.19. The van der Waals surface area contributed by atoms with Gasteiger partial charge in [0.05, 0.1) is 12.2 Å². The van der Waals surface area contributed by atoms with E-state index < -0.39 is 5.97 Å². The van der Waals surface area contributed by atoms with E-state index in [1.807, 2.05) is 0 Å². The van der Waals surface area contributed by atoms with Crippen molar-refractivity contribution in [2.45, 2.75) is 13.8 Å². The van der Waals surface area contributed by atoms with Crippen LogP contribution in [-0.2, 0) is 9.53 Å². The van der Waals surface area contributed by atoms with Gasteiger partial charge in [0.15, 0.2) is 17.3 Å². The largest absolute Gasteiger partial charge is 0.463 e. The molecule has 5 heteroatoms. The Balaban J connectivity index is 2.31. The van der Waals surface area contributed by atoms with E-state index in [1.54, 1.807) is 25.1 Å². The first kappa shape index (κ1) is 13.1. The molecule has 0 N–H and O–H groups in total. The highest BCUT2D eigenvalue weighted by molar-refractivity contribution is 5.99. The first-order valence-corrected chi connectivity index (χ1v) is 5.92. The number of Topliss-reactive ketones (excluding diaryl/α,β-unsaturated/α-hetero) is 1. The van der Waals surface area contributed by atoms with Gasteiger partial charge in [-0.1, -0.05) is 6.07 Å². The lowest BCUT2D eigenvalue weighted by Crippen LogP contribution is -1.99. The Morgan fingerprint density at radius 2 is 2.05 bits per heavy atom. The molecule has 5 nitrogen and oxygen atoms in total. The zero-order valence-electron chi connectivity index (χ0n) is 10.8. The van der Waals surface area contributed by atoms with Crippen LogP contribution < -0.4 is 9.47 Å². The van der Waals surface area contributed by atoms with Crippen LogP contribution in [0.5, 0.6) is 11.5 Å². The van der Waals surface area contributed by atoms with E-state index in [4.69, 9.17) is 14.2 Å². The molecule has 0 unspecified atom stereocenters. The van der Waals surface area contributed by atoms with Crippen molar-refractivity contribution in [3.8, 4) is 11.5 Å². The lowest BCUT2D eigenvalue weighted by molar-refractivity contribution is -0.137. The minimum absolute atomic E-state index is 0.0693. The first-order valence-electron chi connectivity index (χ1n) is 5.92. The van der Waals surface area contributed by atoms with Gasteiger partial charge in [-0.15, -0.1) is 0 Å². The van der Waals surface area contributed by atoms with Gasteiger partial charge in [0.25, 0.3) is 0 Å². The van der Waals surface area contributed by atoms with Crippen LogP contribution in [0.3, 0.4) is 0 Å². The number of carbonyl (C=O) groups is 2. The van der Waals surface area contributed by atoms with Gasteiger partial charge in [0.2, 0.25) is 6.79 Å². The Morgan fingerprint density at radius 3 is 2.74 bits per heavy atom. The van der Waals surface area contributed by atoms with E-state index in [-0.39, 0.29) is 12.6 Å². The van der Waals surface area contributed by atoms with Crippen molar-refractivity contribution in [1.82, 2.24) is 0 Å². The van der Waals surface area contributed by atoms with Crippen LogP contribution in [0, 0.1) is 0 Å². The molecule has 0 spiro atoms. The molecule has 0 aliphatic carbocycles. The molecule has 19 heavy (non-hydrogen) atoms. The topological polar surface area (TPSA) is 61.8 Å². The van der Waals surface area contributed by atoms with Crippen molar-refractivity contribution in [3.63, 3.8) is 0 Å². The van der Waals surface area contributed by atoms with Crippen LogP contribution in [0.4, 0.5) is 0 Å². The van der Waals surface area contributed by atoms with Gasteiger partial charge in [-0.3, -0.25) is 4.79 Å². The summed E-state index contributed by atoms with van der Waals surface area (Å²) in [5.41, 5.74) is 1.14. The molecular formula is C14H14O5. The fourth-order valence-corrected chi connectivity index (χ4v) is 1.77. The minimum atomic E-state index is -0.425. The number of rotatable bonds is 4. The molecule has 1 aromatic carbocycles. The number of fused-ring (bicyclic) bond motifs is 1. The van der Waals surface area contributed by atoms with Gasteiger partial charge in [-0.2, -0.15) is 0 Å². The average Bonchev–Trinajstić information content (AvgIpc) is 2.85. The SMILES string of the molecule is CCOC(=O)/C=C/c1ccc(C(C)=O)c2c1OCO2. The molecule has 0 amide bonds. The maximum atomic E-state index is 11.4. The van der Waals surface area contributed by atoms with Crippen LogP contribution in [-0.4, -0.2) is 25.2 Å². The Kier molecular flexibility index (Phi) is 3.85. The fraction of sp³-hybridized carbons (Fsp3) is 0.286. The maximum absolute atomic E-state index is 11.4. The van der Waals surface area contributed by atoms with E-state index in [0.29, 0.717) is 29.2 Å².